The minimum absolute atomic E-state index is 0.00494. The van der Waals surface area contributed by atoms with E-state index >= 15 is 0 Å². The van der Waals surface area contributed by atoms with Gasteiger partial charge in [-0.3, -0.25) is 19.2 Å². The van der Waals surface area contributed by atoms with Crippen LogP contribution in [0.1, 0.15) is 115 Å². The van der Waals surface area contributed by atoms with Crippen molar-refractivity contribution in [3.63, 3.8) is 0 Å². The van der Waals surface area contributed by atoms with Crippen LogP contribution in [0, 0.1) is 33.5 Å². The highest BCUT2D eigenvalue weighted by Crippen LogP contribution is 2.42. The second-order valence-electron chi connectivity index (χ2n) is 16.6. The third kappa shape index (κ3) is 11.4. The van der Waals surface area contributed by atoms with Crippen molar-refractivity contribution < 1.29 is 19.2 Å². The molecule has 43 heavy (non-hydrogen) atoms. The molecule has 0 aromatic heterocycles. The molecule has 2 N–H and O–H groups in total. The predicted octanol–water partition coefficient (Wildman–Crippen LogP) is 7.46. The van der Waals surface area contributed by atoms with Gasteiger partial charge in [-0.05, 0) is 63.9 Å². The monoisotopic (exact) mass is 594 g/mol. The van der Waals surface area contributed by atoms with Gasteiger partial charge in [0.15, 0.2) is 0 Å². The van der Waals surface area contributed by atoms with E-state index in [1.807, 2.05) is 0 Å². The summed E-state index contributed by atoms with van der Waals surface area (Å²) in [6, 6.07) is 0. The van der Waals surface area contributed by atoms with Crippen LogP contribution in [0.25, 0.3) is 0 Å². The molecule has 0 bridgehead atoms. The lowest BCUT2D eigenvalue weighted by Crippen LogP contribution is -2.36. The number of hydrogen-bond acceptors (Lipinski definition) is 4. The number of ketones is 2. The van der Waals surface area contributed by atoms with Crippen LogP contribution in [-0.2, 0) is 19.2 Å². The predicted molar refractivity (Wildman–Crippen MR) is 176 cm³/mol. The number of allylic oxidation sites excluding steroid dienone is 8. The third-order valence-electron chi connectivity index (χ3n) is 8.44. The molecule has 2 atom stereocenters. The largest absolute Gasteiger partial charge is 0.349 e. The quantitative estimate of drug-likeness (QED) is 0.203. The summed E-state index contributed by atoms with van der Waals surface area (Å²) in [5, 5.41) is 5.37. The molecule has 0 saturated heterocycles. The average Bonchev–Trinajstić information content (AvgIpc) is 2.85. The fourth-order valence-corrected chi connectivity index (χ4v) is 5.37. The van der Waals surface area contributed by atoms with Gasteiger partial charge in [-0.2, -0.15) is 0 Å². The maximum absolute atomic E-state index is 12.8. The summed E-state index contributed by atoms with van der Waals surface area (Å²) in [4.78, 5) is 50.6. The van der Waals surface area contributed by atoms with E-state index in [2.05, 4.69) is 118 Å². The smallest absolute Gasteiger partial charge is 0.287 e. The standard InChI is InChI=1S/C37H58N2O4/c1-34(2,3)26-16-24(17-27(22-26)35(4,5)6)20-30(40)32(42)38-14-13-15-39-33(43)31(41)21-25-18-28(36(7,8)9)23-29(19-25)37(10,11)12/h16,18,22-25H,13-15,17,19-21H2,1-12H3,(H,38,42)(H,39,43). The minimum atomic E-state index is -0.596. The summed E-state index contributed by atoms with van der Waals surface area (Å²) in [7, 11) is 0. The first-order valence-corrected chi connectivity index (χ1v) is 16.0. The van der Waals surface area contributed by atoms with Crippen molar-refractivity contribution >= 4 is 23.4 Å². The molecule has 0 saturated carbocycles. The molecule has 0 radical (unpaired) electrons. The molecule has 2 aliphatic rings. The normalized spacial score (nSPS) is 19.9. The number of rotatable bonds is 10. The molecule has 0 aromatic carbocycles. The summed E-state index contributed by atoms with van der Waals surface area (Å²) in [5.74, 6) is -2.07. The SMILES string of the molecule is CC(C)(C)C1=CC(CC(=O)C(=O)NCCCNC(=O)C(=O)CC2C=C(C(C)(C)C)C=C(C(C)(C)C)C2)CC(C(C)(C)C)=C1. The van der Waals surface area contributed by atoms with Crippen molar-refractivity contribution in [3.05, 3.63) is 46.6 Å². The summed E-state index contributed by atoms with van der Waals surface area (Å²) in [6.07, 6.45) is 11.1. The zero-order valence-corrected chi connectivity index (χ0v) is 29.0. The van der Waals surface area contributed by atoms with Crippen molar-refractivity contribution in [1.82, 2.24) is 10.6 Å². The number of carbonyl (C=O) groups is 4. The Labute approximate surface area is 261 Å². The first-order valence-electron chi connectivity index (χ1n) is 16.0. The van der Waals surface area contributed by atoms with Gasteiger partial charge >= 0.3 is 0 Å². The summed E-state index contributed by atoms with van der Waals surface area (Å²) < 4.78 is 0. The lowest BCUT2D eigenvalue weighted by Gasteiger charge is -2.33. The fraction of sp³-hybridized carbons (Fsp3) is 0.676. The Balaban J connectivity index is 1.82. The molecular formula is C37H58N2O4. The van der Waals surface area contributed by atoms with Crippen LogP contribution < -0.4 is 10.6 Å². The second kappa shape index (κ2) is 13.9. The molecule has 2 rings (SSSR count). The molecule has 6 nitrogen and oxygen atoms in total. The molecule has 0 aliphatic heterocycles. The maximum atomic E-state index is 12.8. The van der Waals surface area contributed by atoms with E-state index in [9.17, 15) is 19.2 Å². The molecule has 2 amide bonds. The first-order chi connectivity index (χ1) is 19.5. The van der Waals surface area contributed by atoms with E-state index < -0.39 is 23.4 Å². The molecule has 6 heteroatoms. The van der Waals surface area contributed by atoms with E-state index in [1.165, 1.54) is 22.3 Å². The highest BCUT2D eigenvalue weighted by molar-refractivity contribution is 6.36. The van der Waals surface area contributed by atoms with Gasteiger partial charge in [0.2, 0.25) is 11.6 Å². The molecule has 240 valence electrons. The van der Waals surface area contributed by atoms with Gasteiger partial charge in [0, 0.05) is 25.9 Å². The molecule has 0 spiro atoms. The lowest BCUT2D eigenvalue weighted by atomic mass is 9.71. The van der Waals surface area contributed by atoms with Crippen molar-refractivity contribution in [2.24, 2.45) is 33.5 Å². The van der Waals surface area contributed by atoms with Crippen molar-refractivity contribution in [1.29, 1.82) is 0 Å². The average molecular weight is 595 g/mol. The Bertz CT molecular complexity index is 1110. The van der Waals surface area contributed by atoms with Gasteiger partial charge in [-0.15, -0.1) is 0 Å². The van der Waals surface area contributed by atoms with Crippen LogP contribution in [0.4, 0.5) is 0 Å². The summed E-state index contributed by atoms with van der Waals surface area (Å²) in [6.45, 7) is 26.5. The van der Waals surface area contributed by atoms with Crippen LogP contribution in [-0.4, -0.2) is 36.5 Å². The minimum Gasteiger partial charge on any atom is -0.349 e. The second-order valence-corrected chi connectivity index (χ2v) is 16.6. The van der Waals surface area contributed by atoms with Gasteiger partial charge in [-0.25, -0.2) is 0 Å². The van der Waals surface area contributed by atoms with Gasteiger partial charge in [0.25, 0.3) is 11.8 Å². The Morgan fingerprint density at radius 1 is 0.581 bits per heavy atom. The zero-order chi connectivity index (χ0) is 33.0. The van der Waals surface area contributed by atoms with E-state index in [-0.39, 0.29) is 59.4 Å². The maximum Gasteiger partial charge on any atom is 0.287 e. The van der Waals surface area contributed by atoms with Crippen molar-refractivity contribution in [2.45, 2.75) is 115 Å². The topological polar surface area (TPSA) is 92.3 Å². The molecular weight excluding hydrogens is 536 g/mol. The van der Waals surface area contributed by atoms with Crippen LogP contribution in [0.15, 0.2) is 46.6 Å². The van der Waals surface area contributed by atoms with Crippen LogP contribution in [0.3, 0.4) is 0 Å². The Morgan fingerprint density at radius 3 is 1.19 bits per heavy atom. The van der Waals surface area contributed by atoms with Crippen LogP contribution in [0.5, 0.6) is 0 Å². The zero-order valence-electron chi connectivity index (χ0n) is 29.0. The Morgan fingerprint density at radius 2 is 0.907 bits per heavy atom. The van der Waals surface area contributed by atoms with Crippen molar-refractivity contribution in [3.8, 4) is 0 Å². The Kier molecular flexibility index (Phi) is 11.8. The van der Waals surface area contributed by atoms with E-state index in [0.29, 0.717) is 6.42 Å². The highest BCUT2D eigenvalue weighted by atomic mass is 16.2. The van der Waals surface area contributed by atoms with Crippen molar-refractivity contribution in [2.75, 3.05) is 13.1 Å². The van der Waals surface area contributed by atoms with E-state index in [4.69, 9.17) is 0 Å². The third-order valence-corrected chi connectivity index (χ3v) is 8.44. The number of hydrogen-bond donors (Lipinski definition) is 2. The van der Waals surface area contributed by atoms with E-state index in [1.54, 1.807) is 0 Å². The summed E-state index contributed by atoms with van der Waals surface area (Å²) >= 11 is 0. The van der Waals surface area contributed by atoms with Gasteiger partial charge < -0.3 is 10.6 Å². The number of amides is 2. The lowest BCUT2D eigenvalue weighted by molar-refractivity contribution is -0.138. The Hall–Kier alpha value is -2.76. The first kappa shape index (κ1) is 36.4. The molecule has 0 heterocycles. The molecule has 2 unspecified atom stereocenters. The van der Waals surface area contributed by atoms with Crippen LogP contribution in [0.2, 0.25) is 0 Å². The number of carbonyl (C=O) groups excluding carboxylic acids is 4. The van der Waals surface area contributed by atoms with Gasteiger partial charge in [0.05, 0.1) is 0 Å². The summed E-state index contributed by atoms with van der Waals surface area (Å²) in [5.41, 5.74) is 4.90. The number of Topliss-reactive ketones (excluding diaryl/α,β-unsaturated/α-hetero) is 2. The highest BCUT2D eigenvalue weighted by Gasteiger charge is 2.31. The van der Waals surface area contributed by atoms with E-state index in [0.717, 1.165) is 12.8 Å². The molecule has 0 fully saturated rings. The van der Waals surface area contributed by atoms with Gasteiger partial charge in [-0.1, -0.05) is 119 Å². The number of nitrogens with one attached hydrogen (secondary N) is 2. The molecule has 2 aliphatic carbocycles. The van der Waals surface area contributed by atoms with Crippen LogP contribution >= 0.6 is 0 Å². The fourth-order valence-electron chi connectivity index (χ4n) is 5.37. The molecule has 0 aromatic rings. The van der Waals surface area contributed by atoms with Gasteiger partial charge in [0.1, 0.15) is 0 Å².